The van der Waals surface area contributed by atoms with E-state index < -0.39 is 12.0 Å². The summed E-state index contributed by atoms with van der Waals surface area (Å²) in [6.45, 7) is 0. The Kier molecular flexibility index (Phi) is 7.00. The lowest BCUT2D eigenvalue weighted by Gasteiger charge is -2.30. The second-order valence-electron chi connectivity index (χ2n) is 9.72. The van der Waals surface area contributed by atoms with Gasteiger partial charge in [0.05, 0.1) is 31.6 Å². The zero-order valence-electron chi connectivity index (χ0n) is 22.1. The molecule has 0 radical (unpaired) electrons. The summed E-state index contributed by atoms with van der Waals surface area (Å²) in [6, 6.07) is 24.4. The molecule has 0 saturated heterocycles. The molecule has 4 aromatic rings. The molecule has 202 valence electrons. The van der Waals surface area contributed by atoms with Crippen molar-refractivity contribution in [3.05, 3.63) is 112 Å². The van der Waals surface area contributed by atoms with Crippen molar-refractivity contribution in [1.29, 1.82) is 0 Å². The highest BCUT2D eigenvalue weighted by Crippen LogP contribution is 2.45. The summed E-state index contributed by atoms with van der Waals surface area (Å²) in [5.74, 6) is 1.20. The molecule has 7 nitrogen and oxygen atoms in total. The molecule has 2 aliphatic rings. The van der Waals surface area contributed by atoms with Gasteiger partial charge in [-0.3, -0.25) is 4.79 Å². The van der Waals surface area contributed by atoms with Crippen LogP contribution in [0.2, 0.25) is 0 Å². The molecular weight excluding hydrogens is 524 g/mol. The lowest BCUT2D eigenvalue weighted by molar-refractivity contribution is -0.116. The number of anilines is 2. The highest BCUT2D eigenvalue weighted by Gasteiger charge is 2.36. The Morgan fingerprint density at radius 3 is 2.35 bits per heavy atom. The van der Waals surface area contributed by atoms with Gasteiger partial charge in [-0.05, 0) is 71.3 Å². The monoisotopic (exact) mass is 552 g/mol. The summed E-state index contributed by atoms with van der Waals surface area (Å²) >= 11 is 1.32. The number of rotatable bonds is 6. The molecule has 1 aliphatic heterocycles. The van der Waals surface area contributed by atoms with Crippen LogP contribution in [0, 0.1) is 0 Å². The standard InChI is InChI=1S/C32H28N2O5S/c1-37-22-12-9-19(10-13-22)21-16-25-30(26(35)17-21)31(34-24-7-4-3-6-23(24)33-25)20-11-14-27(28(18-20)38-2)39-32(36)29-8-5-15-40-29/h3-15,18,21,31,33-34H,16-17H2,1-2H3/t21-,31+/m0/s1. The summed E-state index contributed by atoms with van der Waals surface area (Å²) < 4.78 is 16.6. The number of methoxy groups -OCH3 is 2. The Balaban J connectivity index is 1.37. The Bertz CT molecular complexity index is 1590. The molecule has 0 saturated carbocycles. The van der Waals surface area contributed by atoms with E-state index >= 15 is 0 Å². The molecule has 0 fully saturated rings. The Labute approximate surface area is 236 Å². The second kappa shape index (κ2) is 10.9. The summed E-state index contributed by atoms with van der Waals surface area (Å²) in [6.07, 6.45) is 1.09. The van der Waals surface area contributed by atoms with Crippen LogP contribution in [0.25, 0.3) is 0 Å². The number of hydrogen-bond donors (Lipinski definition) is 2. The number of para-hydroxylation sites is 2. The summed E-state index contributed by atoms with van der Waals surface area (Å²) in [7, 11) is 3.18. The highest BCUT2D eigenvalue weighted by molar-refractivity contribution is 7.12. The van der Waals surface area contributed by atoms with Gasteiger partial charge in [0.25, 0.3) is 0 Å². The number of benzene rings is 3. The summed E-state index contributed by atoms with van der Waals surface area (Å²) in [4.78, 5) is 26.9. The minimum absolute atomic E-state index is 0.0455. The predicted molar refractivity (Wildman–Crippen MR) is 156 cm³/mol. The van der Waals surface area contributed by atoms with Crippen LogP contribution in [0.1, 0.15) is 45.6 Å². The first-order valence-corrected chi connectivity index (χ1v) is 13.9. The van der Waals surface area contributed by atoms with E-state index in [9.17, 15) is 9.59 Å². The molecule has 1 aliphatic carbocycles. The van der Waals surface area contributed by atoms with E-state index in [0.29, 0.717) is 34.8 Å². The van der Waals surface area contributed by atoms with Gasteiger partial charge >= 0.3 is 5.97 Å². The van der Waals surface area contributed by atoms with Gasteiger partial charge in [-0.2, -0.15) is 0 Å². The molecule has 0 unspecified atom stereocenters. The van der Waals surface area contributed by atoms with Crippen molar-refractivity contribution in [1.82, 2.24) is 0 Å². The lowest BCUT2D eigenvalue weighted by atomic mass is 9.78. The van der Waals surface area contributed by atoms with Gasteiger partial charge in [0.15, 0.2) is 17.3 Å². The van der Waals surface area contributed by atoms with Gasteiger partial charge in [0, 0.05) is 17.7 Å². The van der Waals surface area contributed by atoms with E-state index in [1.54, 1.807) is 25.3 Å². The molecule has 8 heteroatoms. The molecule has 0 bridgehead atoms. The molecule has 2 atom stereocenters. The molecule has 0 amide bonds. The molecular formula is C32H28N2O5S. The highest BCUT2D eigenvalue weighted by atomic mass is 32.1. The average Bonchev–Trinajstić information content (AvgIpc) is 3.47. The van der Waals surface area contributed by atoms with Gasteiger partial charge in [-0.25, -0.2) is 4.79 Å². The molecule has 6 rings (SSSR count). The van der Waals surface area contributed by atoms with Crippen molar-refractivity contribution in [2.24, 2.45) is 0 Å². The van der Waals surface area contributed by atoms with E-state index in [4.69, 9.17) is 14.2 Å². The van der Waals surface area contributed by atoms with Crippen LogP contribution in [0.5, 0.6) is 17.2 Å². The first kappa shape index (κ1) is 25.7. The topological polar surface area (TPSA) is 85.9 Å². The maximum Gasteiger partial charge on any atom is 0.353 e. The van der Waals surface area contributed by atoms with Crippen molar-refractivity contribution in [2.45, 2.75) is 24.8 Å². The molecule has 2 heterocycles. The number of allylic oxidation sites excluding steroid dienone is 1. The number of ketones is 1. The van der Waals surface area contributed by atoms with Crippen molar-refractivity contribution >= 4 is 34.5 Å². The minimum Gasteiger partial charge on any atom is -0.497 e. The third-order valence-electron chi connectivity index (χ3n) is 7.34. The van der Waals surface area contributed by atoms with Crippen molar-refractivity contribution < 1.29 is 23.8 Å². The van der Waals surface area contributed by atoms with Gasteiger partial charge in [-0.1, -0.05) is 36.4 Å². The number of fused-ring (bicyclic) bond motifs is 1. The largest absolute Gasteiger partial charge is 0.497 e. The average molecular weight is 553 g/mol. The first-order valence-electron chi connectivity index (χ1n) is 13.0. The lowest BCUT2D eigenvalue weighted by Crippen LogP contribution is -2.27. The third-order valence-corrected chi connectivity index (χ3v) is 8.19. The van der Waals surface area contributed by atoms with Gasteiger partial charge in [-0.15, -0.1) is 11.3 Å². The van der Waals surface area contributed by atoms with E-state index in [0.717, 1.165) is 33.9 Å². The normalized spacial score (nSPS) is 18.0. The van der Waals surface area contributed by atoms with Gasteiger partial charge in [0.1, 0.15) is 10.6 Å². The summed E-state index contributed by atoms with van der Waals surface area (Å²) in [5.41, 5.74) is 5.33. The predicted octanol–water partition coefficient (Wildman–Crippen LogP) is 6.96. The quantitative estimate of drug-likeness (QED) is 0.197. The molecule has 40 heavy (non-hydrogen) atoms. The number of nitrogens with one attached hydrogen (secondary N) is 2. The zero-order chi connectivity index (χ0) is 27.6. The van der Waals surface area contributed by atoms with Gasteiger partial charge < -0.3 is 24.8 Å². The van der Waals surface area contributed by atoms with Crippen LogP contribution in [-0.2, 0) is 4.79 Å². The van der Waals surface area contributed by atoms with E-state index in [1.807, 2.05) is 66.0 Å². The van der Waals surface area contributed by atoms with Crippen LogP contribution in [0.3, 0.4) is 0 Å². The number of ether oxygens (including phenoxy) is 3. The zero-order valence-corrected chi connectivity index (χ0v) is 22.9. The number of thiophene rings is 1. The maximum atomic E-state index is 13.9. The van der Waals surface area contributed by atoms with E-state index in [1.165, 1.54) is 18.4 Å². The third kappa shape index (κ3) is 4.94. The molecule has 2 N–H and O–H groups in total. The molecule has 1 aromatic heterocycles. The Morgan fingerprint density at radius 1 is 0.850 bits per heavy atom. The molecule has 0 spiro atoms. The fourth-order valence-electron chi connectivity index (χ4n) is 5.35. The number of carbonyl (C=O) groups excluding carboxylic acids is 2. The SMILES string of the molecule is COc1ccc([C@@H]2CC(=O)C3=C(C2)Nc2ccccc2N[C@@H]3c2ccc(OC(=O)c3cccs3)c(OC)c2)cc1. The molecule has 3 aromatic carbocycles. The van der Waals surface area contributed by atoms with E-state index in [2.05, 4.69) is 10.6 Å². The van der Waals surface area contributed by atoms with Crippen LogP contribution >= 0.6 is 11.3 Å². The summed E-state index contributed by atoms with van der Waals surface area (Å²) in [5, 5.41) is 8.98. The smallest absolute Gasteiger partial charge is 0.353 e. The second-order valence-corrected chi connectivity index (χ2v) is 10.7. The van der Waals surface area contributed by atoms with Crippen LogP contribution in [-0.4, -0.2) is 26.0 Å². The number of esters is 1. The maximum absolute atomic E-state index is 13.9. The van der Waals surface area contributed by atoms with Crippen LogP contribution in [0.15, 0.2) is 95.5 Å². The van der Waals surface area contributed by atoms with E-state index in [-0.39, 0.29) is 11.7 Å². The van der Waals surface area contributed by atoms with Gasteiger partial charge in [0.2, 0.25) is 0 Å². The Morgan fingerprint density at radius 2 is 1.62 bits per heavy atom. The number of Topliss-reactive ketones (excluding diaryl/α,β-unsaturated/α-hetero) is 1. The van der Waals surface area contributed by atoms with Crippen molar-refractivity contribution in [2.75, 3.05) is 24.9 Å². The van der Waals surface area contributed by atoms with Crippen LogP contribution in [0.4, 0.5) is 11.4 Å². The van der Waals surface area contributed by atoms with Crippen molar-refractivity contribution in [3.63, 3.8) is 0 Å². The Hall–Kier alpha value is -4.56. The fourth-order valence-corrected chi connectivity index (χ4v) is 5.95. The first-order chi connectivity index (χ1) is 19.5. The van der Waals surface area contributed by atoms with Crippen molar-refractivity contribution in [3.8, 4) is 17.2 Å². The number of hydrogen-bond acceptors (Lipinski definition) is 8. The number of carbonyl (C=O) groups is 2. The fraction of sp³-hybridized carbons (Fsp3) is 0.188. The minimum atomic E-state index is -0.441. The van der Waals surface area contributed by atoms with Crippen LogP contribution < -0.4 is 24.8 Å².